The van der Waals surface area contributed by atoms with Crippen LogP contribution in [0.4, 0.5) is 15.8 Å². The van der Waals surface area contributed by atoms with Crippen molar-refractivity contribution in [1.29, 1.82) is 0 Å². The number of nitro groups is 1. The second-order valence-corrected chi connectivity index (χ2v) is 4.57. The second-order valence-electron chi connectivity index (χ2n) is 4.57. The summed E-state index contributed by atoms with van der Waals surface area (Å²) >= 11 is 0. The van der Waals surface area contributed by atoms with Gasteiger partial charge < -0.3 is 10.6 Å². The molecule has 0 atom stereocenters. The van der Waals surface area contributed by atoms with Gasteiger partial charge in [0.15, 0.2) is 0 Å². The molecule has 2 aromatic rings. The fourth-order valence-electron chi connectivity index (χ4n) is 1.72. The molecule has 0 spiro atoms. The summed E-state index contributed by atoms with van der Waals surface area (Å²) < 4.78 is 12.7. The Morgan fingerprint density at radius 1 is 1.00 bits per heavy atom. The van der Waals surface area contributed by atoms with E-state index in [0.717, 1.165) is 0 Å². The lowest BCUT2D eigenvalue weighted by Crippen LogP contribution is -2.34. The van der Waals surface area contributed by atoms with Gasteiger partial charge in [-0.15, -0.1) is 0 Å². The predicted octanol–water partition coefficient (Wildman–Crippen LogP) is 1.99. The Morgan fingerprint density at radius 3 is 2.17 bits per heavy atom. The number of rotatable bonds is 4. The summed E-state index contributed by atoms with van der Waals surface area (Å²) in [7, 11) is 0. The van der Waals surface area contributed by atoms with Crippen LogP contribution in [0.2, 0.25) is 0 Å². The molecule has 23 heavy (non-hydrogen) atoms. The molecule has 0 fully saturated rings. The molecule has 0 aliphatic rings. The molecule has 0 aromatic heterocycles. The lowest BCUT2D eigenvalue weighted by Gasteiger charge is -2.06. The van der Waals surface area contributed by atoms with Gasteiger partial charge in [-0.05, 0) is 29.8 Å². The Morgan fingerprint density at radius 2 is 1.61 bits per heavy atom. The molecule has 0 heterocycles. The van der Waals surface area contributed by atoms with Crippen LogP contribution in [0.3, 0.4) is 0 Å². The van der Waals surface area contributed by atoms with Crippen LogP contribution in [0.15, 0.2) is 48.5 Å². The molecule has 2 N–H and O–H groups in total. The average Bonchev–Trinajstić information content (AvgIpc) is 2.54. The van der Waals surface area contributed by atoms with Crippen molar-refractivity contribution in [2.45, 2.75) is 6.54 Å². The Hall–Kier alpha value is -3.29. The van der Waals surface area contributed by atoms with Gasteiger partial charge >= 0.3 is 11.8 Å². The van der Waals surface area contributed by atoms with Crippen LogP contribution in [-0.4, -0.2) is 16.7 Å². The van der Waals surface area contributed by atoms with E-state index in [1.54, 1.807) is 0 Å². The number of nitrogens with zero attached hydrogens (tertiary/aromatic N) is 1. The molecule has 118 valence electrons. The highest BCUT2D eigenvalue weighted by molar-refractivity contribution is 6.39. The first-order valence-electron chi connectivity index (χ1n) is 6.54. The third-order valence-electron chi connectivity index (χ3n) is 2.91. The van der Waals surface area contributed by atoms with E-state index in [9.17, 15) is 24.1 Å². The van der Waals surface area contributed by atoms with Gasteiger partial charge in [-0.2, -0.15) is 0 Å². The molecule has 0 radical (unpaired) electrons. The summed E-state index contributed by atoms with van der Waals surface area (Å²) in [6.45, 7) is 0.0762. The SMILES string of the molecule is O=C(NCc1ccc(F)cc1)C(=O)Nc1ccc([N+](=O)[O-])cc1. The summed E-state index contributed by atoms with van der Waals surface area (Å²) in [5, 5.41) is 15.2. The molecule has 2 rings (SSSR count). The fraction of sp³-hybridized carbons (Fsp3) is 0.0667. The number of benzene rings is 2. The molecule has 0 saturated carbocycles. The molecule has 0 unspecified atom stereocenters. The third-order valence-corrected chi connectivity index (χ3v) is 2.91. The first kappa shape index (κ1) is 16.1. The van der Waals surface area contributed by atoms with E-state index in [-0.39, 0.29) is 17.9 Å². The number of nitro benzene ring substituents is 1. The van der Waals surface area contributed by atoms with Crippen molar-refractivity contribution >= 4 is 23.2 Å². The number of hydrogen-bond acceptors (Lipinski definition) is 4. The zero-order valence-corrected chi connectivity index (χ0v) is 11.8. The zero-order valence-electron chi connectivity index (χ0n) is 11.8. The van der Waals surface area contributed by atoms with Crippen molar-refractivity contribution in [3.63, 3.8) is 0 Å². The lowest BCUT2D eigenvalue weighted by atomic mass is 10.2. The minimum atomic E-state index is -0.902. The van der Waals surface area contributed by atoms with Crippen molar-refractivity contribution < 1.29 is 18.9 Å². The molecule has 2 aromatic carbocycles. The summed E-state index contributed by atoms with van der Waals surface area (Å²) in [6, 6.07) is 10.6. The molecule has 8 heteroatoms. The second kappa shape index (κ2) is 7.12. The highest BCUT2D eigenvalue weighted by atomic mass is 19.1. The van der Waals surface area contributed by atoms with Crippen molar-refractivity contribution in [3.05, 3.63) is 70.0 Å². The van der Waals surface area contributed by atoms with Gasteiger partial charge in [-0.3, -0.25) is 19.7 Å². The standard InChI is InChI=1S/C15H12FN3O4/c16-11-3-1-10(2-4-11)9-17-14(20)15(21)18-12-5-7-13(8-6-12)19(22)23/h1-8H,9H2,(H,17,20)(H,18,21). The van der Waals surface area contributed by atoms with E-state index in [1.165, 1.54) is 48.5 Å². The van der Waals surface area contributed by atoms with Crippen LogP contribution in [0, 0.1) is 15.9 Å². The van der Waals surface area contributed by atoms with Crippen LogP contribution in [0.1, 0.15) is 5.56 Å². The number of anilines is 1. The average molecular weight is 317 g/mol. The minimum absolute atomic E-state index is 0.0762. The van der Waals surface area contributed by atoms with Crippen molar-refractivity contribution in [2.24, 2.45) is 0 Å². The maximum Gasteiger partial charge on any atom is 0.313 e. The number of nitrogens with one attached hydrogen (secondary N) is 2. The van der Waals surface area contributed by atoms with Gasteiger partial charge in [-0.25, -0.2) is 4.39 Å². The third kappa shape index (κ3) is 4.60. The summed E-state index contributed by atoms with van der Waals surface area (Å²) in [5.41, 5.74) is 0.782. The largest absolute Gasteiger partial charge is 0.344 e. The van der Waals surface area contributed by atoms with Gasteiger partial charge in [0, 0.05) is 24.4 Å². The fourth-order valence-corrected chi connectivity index (χ4v) is 1.72. The molecule has 2 amide bonds. The summed E-state index contributed by atoms with van der Waals surface area (Å²) in [4.78, 5) is 33.3. The smallest absolute Gasteiger partial charge is 0.313 e. The van der Waals surface area contributed by atoms with Crippen LogP contribution < -0.4 is 10.6 Å². The van der Waals surface area contributed by atoms with E-state index in [0.29, 0.717) is 5.56 Å². The van der Waals surface area contributed by atoms with E-state index in [1.807, 2.05) is 0 Å². The van der Waals surface area contributed by atoms with Gasteiger partial charge in [0.05, 0.1) is 4.92 Å². The zero-order chi connectivity index (χ0) is 16.8. The van der Waals surface area contributed by atoms with Crippen LogP contribution in [-0.2, 0) is 16.1 Å². The van der Waals surface area contributed by atoms with E-state index in [2.05, 4.69) is 10.6 Å². The van der Waals surface area contributed by atoms with Crippen molar-refractivity contribution in [2.75, 3.05) is 5.32 Å². The molecule has 0 aliphatic heterocycles. The molecule has 7 nitrogen and oxygen atoms in total. The number of amides is 2. The van der Waals surface area contributed by atoms with Crippen molar-refractivity contribution in [1.82, 2.24) is 5.32 Å². The number of non-ortho nitro benzene ring substituents is 1. The first-order valence-corrected chi connectivity index (χ1v) is 6.54. The minimum Gasteiger partial charge on any atom is -0.344 e. The van der Waals surface area contributed by atoms with E-state index >= 15 is 0 Å². The maximum absolute atomic E-state index is 12.7. The first-order chi connectivity index (χ1) is 11.0. The van der Waals surface area contributed by atoms with Crippen LogP contribution in [0.25, 0.3) is 0 Å². The number of carbonyl (C=O) groups is 2. The number of halogens is 1. The normalized spacial score (nSPS) is 9.96. The topological polar surface area (TPSA) is 101 Å². The van der Waals surface area contributed by atoms with Crippen LogP contribution >= 0.6 is 0 Å². The van der Waals surface area contributed by atoms with Gasteiger partial charge in [0.1, 0.15) is 5.82 Å². The van der Waals surface area contributed by atoms with Crippen LogP contribution in [0.5, 0.6) is 0 Å². The maximum atomic E-state index is 12.7. The summed E-state index contributed by atoms with van der Waals surface area (Å²) in [5.74, 6) is -2.16. The number of hydrogen-bond donors (Lipinski definition) is 2. The Bertz CT molecular complexity index is 729. The van der Waals surface area contributed by atoms with E-state index in [4.69, 9.17) is 0 Å². The van der Waals surface area contributed by atoms with Gasteiger partial charge in [0.25, 0.3) is 5.69 Å². The molecule has 0 saturated heterocycles. The quantitative estimate of drug-likeness (QED) is 0.511. The Kier molecular flexibility index (Phi) is 4.98. The lowest BCUT2D eigenvalue weighted by molar-refractivity contribution is -0.384. The molecule has 0 aliphatic carbocycles. The van der Waals surface area contributed by atoms with Gasteiger partial charge in [-0.1, -0.05) is 12.1 Å². The Labute approximate surface area is 130 Å². The summed E-state index contributed by atoms with van der Waals surface area (Å²) in [6.07, 6.45) is 0. The monoisotopic (exact) mass is 317 g/mol. The highest BCUT2D eigenvalue weighted by Gasteiger charge is 2.14. The highest BCUT2D eigenvalue weighted by Crippen LogP contribution is 2.15. The van der Waals surface area contributed by atoms with Crippen molar-refractivity contribution in [3.8, 4) is 0 Å². The molecular weight excluding hydrogens is 305 g/mol. The van der Waals surface area contributed by atoms with E-state index < -0.39 is 22.6 Å². The Balaban J connectivity index is 1.88. The molecule has 0 bridgehead atoms. The van der Waals surface area contributed by atoms with Gasteiger partial charge in [0.2, 0.25) is 0 Å². The predicted molar refractivity (Wildman–Crippen MR) is 80.0 cm³/mol. The molecular formula is C15H12FN3O4. The number of carbonyl (C=O) groups excluding carboxylic acids is 2.